The van der Waals surface area contributed by atoms with Crippen LogP contribution in [0.1, 0.15) is 25.1 Å². The second-order valence-electron chi connectivity index (χ2n) is 6.62. The van der Waals surface area contributed by atoms with Crippen LogP contribution >= 0.6 is 0 Å². The molecule has 0 unspecified atom stereocenters. The van der Waals surface area contributed by atoms with Gasteiger partial charge in [-0.15, -0.1) is 0 Å². The molecule has 0 saturated heterocycles. The first kappa shape index (κ1) is 19.4. The Morgan fingerprint density at radius 3 is 2.79 bits per heavy atom. The Bertz CT molecular complexity index is 1070. The lowest BCUT2D eigenvalue weighted by Crippen LogP contribution is -2.00. The third-order valence-electron chi connectivity index (χ3n) is 4.49. The Morgan fingerprint density at radius 1 is 1.14 bits per heavy atom. The Hall–Kier alpha value is -3.40. The van der Waals surface area contributed by atoms with Crippen LogP contribution < -0.4 is 5.32 Å². The van der Waals surface area contributed by atoms with Gasteiger partial charge in [0.25, 0.3) is 0 Å². The lowest BCUT2D eigenvalue weighted by Gasteiger charge is -2.11. The third kappa shape index (κ3) is 4.46. The maximum atomic E-state index is 4.39. The monoisotopic (exact) mass is 370 g/mol. The topological polar surface area (TPSA) is 42.7 Å². The summed E-state index contributed by atoms with van der Waals surface area (Å²) in [5.41, 5.74) is 5.20. The lowest BCUT2D eigenvalue weighted by molar-refractivity contribution is 0.839. The van der Waals surface area contributed by atoms with Crippen LogP contribution in [0, 0.1) is 6.92 Å². The predicted octanol–water partition coefficient (Wildman–Crippen LogP) is 6.20. The van der Waals surface area contributed by atoms with Crippen molar-refractivity contribution in [3.8, 4) is 0 Å². The van der Waals surface area contributed by atoms with Crippen LogP contribution in [0.2, 0.25) is 0 Å². The van der Waals surface area contributed by atoms with E-state index >= 15 is 0 Å². The molecule has 0 spiro atoms. The predicted molar refractivity (Wildman–Crippen MR) is 120 cm³/mol. The number of allylic oxidation sites excluding steroid dienone is 6. The number of hydrogen-bond acceptors (Lipinski definition) is 3. The van der Waals surface area contributed by atoms with Gasteiger partial charge in [0, 0.05) is 34.9 Å². The summed E-state index contributed by atoms with van der Waals surface area (Å²) >= 11 is 0. The van der Waals surface area contributed by atoms with E-state index in [1.807, 2.05) is 57.2 Å². The quantitative estimate of drug-likeness (QED) is 0.503. The molecule has 2 heterocycles. The summed E-state index contributed by atoms with van der Waals surface area (Å²) in [4.78, 5) is 8.71. The summed E-state index contributed by atoms with van der Waals surface area (Å²) in [7, 11) is 0. The first-order valence-corrected chi connectivity index (χ1v) is 9.39. The van der Waals surface area contributed by atoms with E-state index in [0.717, 1.165) is 34.9 Å². The van der Waals surface area contributed by atoms with E-state index in [1.165, 1.54) is 10.9 Å². The minimum Gasteiger partial charge on any atom is -0.343 e. The highest BCUT2D eigenvalue weighted by Crippen LogP contribution is 2.25. The van der Waals surface area contributed by atoms with E-state index in [2.05, 4.69) is 56.9 Å². The first-order chi connectivity index (χ1) is 13.6. The van der Waals surface area contributed by atoms with Crippen molar-refractivity contribution in [1.29, 1.82) is 0 Å². The van der Waals surface area contributed by atoms with Crippen molar-refractivity contribution in [3.63, 3.8) is 0 Å². The fourth-order valence-corrected chi connectivity index (χ4v) is 3.04. The number of hydrogen-bond donors (Lipinski definition) is 1. The van der Waals surface area contributed by atoms with E-state index in [1.54, 1.807) is 6.33 Å². The molecule has 0 bridgehead atoms. The minimum atomic E-state index is 0.766. The Balaban J connectivity index is 1.81. The smallest absolute Gasteiger partial charge is 0.137 e. The highest BCUT2D eigenvalue weighted by atomic mass is 15.0. The zero-order chi connectivity index (χ0) is 19.9. The molecule has 0 aliphatic rings. The summed E-state index contributed by atoms with van der Waals surface area (Å²) in [5, 5.41) is 4.59. The van der Waals surface area contributed by atoms with E-state index in [0.29, 0.717) is 0 Å². The number of rotatable bonds is 7. The molecule has 0 aliphatic heterocycles. The van der Waals surface area contributed by atoms with Crippen LogP contribution in [0.3, 0.4) is 0 Å². The summed E-state index contributed by atoms with van der Waals surface area (Å²) < 4.78 is 2.21. The van der Waals surface area contributed by atoms with Gasteiger partial charge in [-0.25, -0.2) is 9.97 Å². The number of nitrogens with one attached hydrogen (secondary N) is 1. The molecule has 1 aromatic carbocycles. The van der Waals surface area contributed by atoms with Crippen LogP contribution in [-0.2, 0) is 6.54 Å². The normalized spacial score (nSPS) is 12.0. The average molecular weight is 371 g/mol. The van der Waals surface area contributed by atoms with Gasteiger partial charge in [0.1, 0.15) is 12.1 Å². The van der Waals surface area contributed by atoms with Crippen LogP contribution in [0.4, 0.5) is 11.5 Å². The molecule has 0 amide bonds. The Morgan fingerprint density at radius 2 is 2.00 bits per heavy atom. The van der Waals surface area contributed by atoms with E-state index in [9.17, 15) is 0 Å². The zero-order valence-electron chi connectivity index (χ0n) is 16.7. The molecule has 4 nitrogen and oxygen atoms in total. The Labute approximate surface area is 166 Å². The Kier molecular flexibility index (Phi) is 6.22. The maximum Gasteiger partial charge on any atom is 0.137 e. The number of nitrogens with zero attached hydrogens (tertiary/aromatic N) is 3. The number of aromatic nitrogens is 3. The standard InChI is InChI=1S/C24H26N4/c1-5-7-8-10-18(3)16-28-14-13-20-15-21(11-12-23(20)28)27-24-19(4)22(9-6-2)25-17-26-24/h5-15,17H,3,16H2,1-2,4H3,(H,25,26,27)/b7-5-,9-6-,10-8-. The lowest BCUT2D eigenvalue weighted by atomic mass is 10.2. The van der Waals surface area contributed by atoms with Crippen LogP contribution in [0.25, 0.3) is 17.0 Å². The van der Waals surface area contributed by atoms with Gasteiger partial charge in [-0.3, -0.25) is 0 Å². The molecule has 1 N–H and O–H groups in total. The molecule has 28 heavy (non-hydrogen) atoms. The summed E-state index contributed by atoms with van der Waals surface area (Å²) in [6.07, 6.45) is 15.7. The molecule has 0 saturated carbocycles. The van der Waals surface area contributed by atoms with E-state index < -0.39 is 0 Å². The van der Waals surface area contributed by atoms with E-state index in [-0.39, 0.29) is 0 Å². The second kappa shape index (κ2) is 9.00. The molecule has 0 atom stereocenters. The van der Waals surface area contributed by atoms with Crippen molar-refractivity contribution < 1.29 is 0 Å². The van der Waals surface area contributed by atoms with Crippen LogP contribution in [0.5, 0.6) is 0 Å². The van der Waals surface area contributed by atoms with Crippen molar-refractivity contribution >= 4 is 28.5 Å². The molecular formula is C24H26N4. The summed E-state index contributed by atoms with van der Waals surface area (Å²) in [5.74, 6) is 0.823. The molecule has 0 radical (unpaired) electrons. The number of anilines is 2. The maximum absolute atomic E-state index is 4.39. The zero-order valence-corrected chi connectivity index (χ0v) is 16.7. The van der Waals surface area contributed by atoms with Crippen molar-refractivity contribution in [2.24, 2.45) is 0 Å². The fraction of sp³-hybridized carbons (Fsp3) is 0.167. The van der Waals surface area contributed by atoms with Gasteiger partial charge >= 0.3 is 0 Å². The van der Waals surface area contributed by atoms with Gasteiger partial charge < -0.3 is 9.88 Å². The van der Waals surface area contributed by atoms with Gasteiger partial charge in [0.05, 0.1) is 5.69 Å². The van der Waals surface area contributed by atoms with Gasteiger partial charge in [-0.1, -0.05) is 37.0 Å². The van der Waals surface area contributed by atoms with Gasteiger partial charge in [0.15, 0.2) is 0 Å². The van der Waals surface area contributed by atoms with E-state index in [4.69, 9.17) is 0 Å². The van der Waals surface area contributed by atoms with Gasteiger partial charge in [-0.2, -0.15) is 0 Å². The van der Waals surface area contributed by atoms with Crippen LogP contribution in [0.15, 0.2) is 79.3 Å². The van der Waals surface area contributed by atoms with Crippen LogP contribution in [-0.4, -0.2) is 14.5 Å². The molecule has 3 rings (SSSR count). The minimum absolute atomic E-state index is 0.766. The molecule has 0 aliphatic carbocycles. The highest BCUT2D eigenvalue weighted by Gasteiger charge is 2.07. The van der Waals surface area contributed by atoms with Gasteiger partial charge in [-0.05, 0) is 56.7 Å². The highest BCUT2D eigenvalue weighted by molar-refractivity contribution is 5.85. The molecule has 3 aromatic rings. The van der Waals surface area contributed by atoms with Crippen molar-refractivity contribution in [2.45, 2.75) is 27.3 Å². The molecular weight excluding hydrogens is 344 g/mol. The van der Waals surface area contributed by atoms with Gasteiger partial charge in [0.2, 0.25) is 0 Å². The SMILES string of the molecule is C=C(/C=C\C=C/C)Cn1ccc2cc(Nc3ncnc(/C=C\C)c3C)ccc21. The number of benzene rings is 1. The largest absolute Gasteiger partial charge is 0.343 e. The fourth-order valence-electron chi connectivity index (χ4n) is 3.04. The van der Waals surface area contributed by atoms with Crippen molar-refractivity contribution in [3.05, 3.63) is 90.6 Å². The average Bonchev–Trinajstić information content (AvgIpc) is 3.07. The third-order valence-corrected chi connectivity index (χ3v) is 4.49. The summed E-state index contributed by atoms with van der Waals surface area (Å²) in [6, 6.07) is 8.47. The number of fused-ring (bicyclic) bond motifs is 1. The molecule has 142 valence electrons. The van der Waals surface area contributed by atoms with Crippen molar-refractivity contribution in [1.82, 2.24) is 14.5 Å². The first-order valence-electron chi connectivity index (χ1n) is 9.39. The summed E-state index contributed by atoms with van der Waals surface area (Å²) in [6.45, 7) is 10.9. The molecule has 4 heteroatoms. The second-order valence-corrected chi connectivity index (χ2v) is 6.62. The van der Waals surface area contributed by atoms with Crippen molar-refractivity contribution in [2.75, 3.05) is 5.32 Å². The molecule has 2 aromatic heterocycles. The molecule has 0 fully saturated rings.